The van der Waals surface area contributed by atoms with Gasteiger partial charge in [0.25, 0.3) is 5.91 Å². The average molecular weight is 309 g/mol. The van der Waals surface area contributed by atoms with Crippen molar-refractivity contribution >= 4 is 16.9 Å². The molecule has 3 rings (SSSR count). The molecule has 0 N–H and O–H groups in total. The summed E-state index contributed by atoms with van der Waals surface area (Å²) in [5.41, 5.74) is 1.68. The lowest BCUT2D eigenvalue weighted by Crippen LogP contribution is -2.29. The minimum Gasteiger partial charge on any atom is -0.496 e. The van der Waals surface area contributed by atoms with Crippen LogP contribution in [0.15, 0.2) is 59.0 Å². The first-order chi connectivity index (χ1) is 11.1. The van der Waals surface area contributed by atoms with Crippen LogP contribution < -0.4 is 4.74 Å². The van der Waals surface area contributed by atoms with Crippen molar-refractivity contribution in [2.75, 3.05) is 14.2 Å². The number of benzene rings is 2. The van der Waals surface area contributed by atoms with E-state index in [1.165, 1.54) is 0 Å². The molecule has 0 radical (unpaired) electrons. The lowest BCUT2D eigenvalue weighted by molar-refractivity contribution is 0.0711. The molecule has 0 spiro atoms. The number of rotatable bonds is 4. The summed E-state index contributed by atoms with van der Waals surface area (Å²) in [5.74, 6) is 0.958. The van der Waals surface area contributed by atoms with Gasteiger partial charge in [-0.3, -0.25) is 4.79 Å². The maximum absolute atomic E-state index is 12.7. The molecule has 2 aromatic carbocycles. The van der Waals surface area contributed by atoms with Gasteiger partial charge in [-0.05, 0) is 25.1 Å². The molecule has 0 saturated heterocycles. The zero-order chi connectivity index (χ0) is 16.4. The molecule has 1 unspecified atom stereocenters. The second-order valence-electron chi connectivity index (χ2n) is 5.48. The molecule has 0 bridgehead atoms. The Bertz CT molecular complexity index is 804. The van der Waals surface area contributed by atoms with E-state index in [0.717, 1.165) is 16.7 Å². The Labute approximate surface area is 135 Å². The van der Waals surface area contributed by atoms with Crippen LogP contribution in [0.25, 0.3) is 11.0 Å². The fourth-order valence-electron chi connectivity index (χ4n) is 2.66. The van der Waals surface area contributed by atoms with Crippen LogP contribution in [-0.4, -0.2) is 25.0 Å². The number of hydrogen-bond donors (Lipinski definition) is 0. The van der Waals surface area contributed by atoms with E-state index in [-0.39, 0.29) is 11.9 Å². The smallest absolute Gasteiger partial charge is 0.289 e. The van der Waals surface area contributed by atoms with Gasteiger partial charge in [0.2, 0.25) is 0 Å². The highest BCUT2D eigenvalue weighted by atomic mass is 16.5. The Morgan fingerprint density at radius 2 is 1.83 bits per heavy atom. The molecule has 0 saturated carbocycles. The summed E-state index contributed by atoms with van der Waals surface area (Å²) in [6.07, 6.45) is 0. The predicted octanol–water partition coefficient (Wildman–Crippen LogP) is 4.27. The van der Waals surface area contributed by atoms with Crippen LogP contribution in [0.2, 0.25) is 0 Å². The molecule has 1 heterocycles. The molecule has 1 amide bonds. The molecule has 23 heavy (non-hydrogen) atoms. The third-order valence-corrected chi connectivity index (χ3v) is 4.13. The Balaban J connectivity index is 1.89. The van der Waals surface area contributed by atoms with Gasteiger partial charge in [0, 0.05) is 18.0 Å². The van der Waals surface area contributed by atoms with Crippen LogP contribution in [0.5, 0.6) is 5.75 Å². The predicted molar refractivity (Wildman–Crippen MR) is 89.7 cm³/mol. The maximum Gasteiger partial charge on any atom is 0.289 e. The molecule has 0 aliphatic rings. The van der Waals surface area contributed by atoms with Gasteiger partial charge in [0.15, 0.2) is 5.76 Å². The van der Waals surface area contributed by atoms with Gasteiger partial charge in [-0.1, -0.05) is 36.4 Å². The largest absolute Gasteiger partial charge is 0.496 e. The summed E-state index contributed by atoms with van der Waals surface area (Å²) in [4.78, 5) is 14.4. The SMILES string of the molecule is COc1ccccc1C(C)N(C)C(=O)c1cc2ccccc2o1. The molecule has 4 heteroatoms. The number of para-hydroxylation sites is 2. The maximum atomic E-state index is 12.7. The highest BCUT2D eigenvalue weighted by molar-refractivity contribution is 5.96. The monoisotopic (exact) mass is 309 g/mol. The number of nitrogens with zero attached hydrogens (tertiary/aromatic N) is 1. The van der Waals surface area contributed by atoms with E-state index in [9.17, 15) is 4.79 Å². The van der Waals surface area contributed by atoms with Crippen molar-refractivity contribution < 1.29 is 13.9 Å². The standard InChI is InChI=1S/C19H19NO3/c1-13(15-9-5-7-11-17(15)22-3)20(2)19(21)18-12-14-8-4-6-10-16(14)23-18/h4-13H,1-3H3. The summed E-state index contributed by atoms with van der Waals surface area (Å²) in [6, 6.07) is 17.0. The van der Waals surface area contributed by atoms with Gasteiger partial charge in [0.1, 0.15) is 11.3 Å². The van der Waals surface area contributed by atoms with Crippen LogP contribution in [0.3, 0.4) is 0 Å². The molecular weight excluding hydrogens is 290 g/mol. The van der Waals surface area contributed by atoms with Gasteiger partial charge in [-0.2, -0.15) is 0 Å². The summed E-state index contributed by atoms with van der Waals surface area (Å²) in [5, 5.41) is 0.925. The van der Waals surface area contributed by atoms with Gasteiger partial charge in [-0.25, -0.2) is 0 Å². The number of carbonyl (C=O) groups excluding carboxylic acids is 1. The van der Waals surface area contributed by atoms with Gasteiger partial charge in [-0.15, -0.1) is 0 Å². The van der Waals surface area contributed by atoms with Gasteiger partial charge < -0.3 is 14.1 Å². The normalized spacial score (nSPS) is 12.1. The quantitative estimate of drug-likeness (QED) is 0.722. The summed E-state index contributed by atoms with van der Waals surface area (Å²) < 4.78 is 11.1. The number of amides is 1. The van der Waals surface area contributed by atoms with E-state index in [0.29, 0.717) is 11.3 Å². The van der Waals surface area contributed by atoms with E-state index >= 15 is 0 Å². The number of hydrogen-bond acceptors (Lipinski definition) is 3. The zero-order valence-corrected chi connectivity index (χ0v) is 13.4. The topological polar surface area (TPSA) is 42.7 Å². The van der Waals surface area contributed by atoms with E-state index in [1.807, 2.05) is 55.5 Å². The van der Waals surface area contributed by atoms with Gasteiger partial charge in [0.05, 0.1) is 13.2 Å². The molecule has 4 nitrogen and oxygen atoms in total. The van der Waals surface area contributed by atoms with Crippen molar-refractivity contribution in [3.8, 4) is 5.75 Å². The first-order valence-corrected chi connectivity index (χ1v) is 7.50. The fourth-order valence-corrected chi connectivity index (χ4v) is 2.66. The Hall–Kier alpha value is -2.75. The van der Waals surface area contributed by atoms with Crippen molar-refractivity contribution in [3.63, 3.8) is 0 Å². The first kappa shape index (κ1) is 15.2. The third kappa shape index (κ3) is 2.80. The Morgan fingerprint density at radius 3 is 2.57 bits per heavy atom. The molecule has 118 valence electrons. The molecule has 0 aliphatic carbocycles. The van der Waals surface area contributed by atoms with Gasteiger partial charge >= 0.3 is 0 Å². The molecule has 3 aromatic rings. The van der Waals surface area contributed by atoms with Crippen molar-refractivity contribution in [2.24, 2.45) is 0 Å². The second kappa shape index (κ2) is 6.16. The van der Waals surface area contributed by atoms with Crippen molar-refractivity contribution in [2.45, 2.75) is 13.0 Å². The number of furan rings is 1. The van der Waals surface area contributed by atoms with E-state index in [2.05, 4.69) is 0 Å². The van der Waals surface area contributed by atoms with Crippen molar-refractivity contribution in [3.05, 3.63) is 65.9 Å². The Kier molecular flexibility index (Phi) is 4.06. The van der Waals surface area contributed by atoms with Crippen LogP contribution in [0, 0.1) is 0 Å². The first-order valence-electron chi connectivity index (χ1n) is 7.50. The highest BCUT2D eigenvalue weighted by Gasteiger charge is 2.23. The number of ether oxygens (including phenoxy) is 1. The van der Waals surface area contributed by atoms with Crippen LogP contribution in [0.4, 0.5) is 0 Å². The summed E-state index contributed by atoms with van der Waals surface area (Å²) in [7, 11) is 3.40. The molecule has 1 aromatic heterocycles. The van der Waals surface area contributed by atoms with Crippen molar-refractivity contribution in [1.82, 2.24) is 4.90 Å². The number of fused-ring (bicyclic) bond motifs is 1. The summed E-state index contributed by atoms with van der Waals surface area (Å²) in [6.45, 7) is 1.97. The summed E-state index contributed by atoms with van der Waals surface area (Å²) >= 11 is 0. The van der Waals surface area contributed by atoms with Crippen LogP contribution in [0.1, 0.15) is 29.1 Å². The van der Waals surface area contributed by atoms with Crippen LogP contribution >= 0.6 is 0 Å². The van der Waals surface area contributed by atoms with E-state index in [4.69, 9.17) is 9.15 Å². The third-order valence-electron chi connectivity index (χ3n) is 4.13. The lowest BCUT2D eigenvalue weighted by atomic mass is 10.1. The molecule has 0 aliphatic heterocycles. The lowest BCUT2D eigenvalue weighted by Gasteiger charge is -2.25. The van der Waals surface area contributed by atoms with E-state index in [1.54, 1.807) is 25.1 Å². The van der Waals surface area contributed by atoms with Crippen LogP contribution in [-0.2, 0) is 0 Å². The highest BCUT2D eigenvalue weighted by Crippen LogP contribution is 2.29. The number of carbonyl (C=O) groups is 1. The van der Waals surface area contributed by atoms with E-state index < -0.39 is 0 Å². The molecule has 0 fully saturated rings. The molecular formula is C19H19NO3. The Morgan fingerprint density at radius 1 is 1.13 bits per heavy atom. The second-order valence-corrected chi connectivity index (χ2v) is 5.48. The fraction of sp³-hybridized carbons (Fsp3) is 0.211. The minimum atomic E-state index is -0.153. The zero-order valence-electron chi connectivity index (χ0n) is 13.4. The molecule has 1 atom stereocenters. The average Bonchev–Trinajstić information content (AvgIpc) is 3.03. The number of methoxy groups -OCH3 is 1. The van der Waals surface area contributed by atoms with Crippen molar-refractivity contribution in [1.29, 1.82) is 0 Å². The minimum absolute atomic E-state index is 0.133.